The predicted molar refractivity (Wildman–Crippen MR) is 69.5 cm³/mol. The minimum atomic E-state index is -0.934. The van der Waals surface area contributed by atoms with Crippen molar-refractivity contribution in [2.24, 2.45) is 5.92 Å². The number of carbonyl (C=O) groups excluding carboxylic acids is 1. The zero-order valence-electron chi connectivity index (χ0n) is 9.80. The molecule has 6 nitrogen and oxygen atoms in total. The number of benzene rings is 1. The molecule has 1 aromatic carbocycles. The Hall–Kier alpha value is -2.08. The molecule has 1 fully saturated rings. The third-order valence-electron chi connectivity index (χ3n) is 2.71. The van der Waals surface area contributed by atoms with Crippen LogP contribution in [0.1, 0.15) is 12.8 Å². The lowest BCUT2D eigenvalue weighted by Crippen LogP contribution is -2.22. The van der Waals surface area contributed by atoms with Crippen LogP contribution in [0.2, 0.25) is 5.02 Å². The van der Waals surface area contributed by atoms with Gasteiger partial charge in [-0.1, -0.05) is 11.6 Å². The molecule has 0 aliphatic heterocycles. The van der Waals surface area contributed by atoms with Crippen LogP contribution in [-0.4, -0.2) is 15.9 Å². The molecule has 0 aromatic heterocycles. The van der Waals surface area contributed by atoms with Gasteiger partial charge in [0.05, 0.1) is 4.92 Å². The van der Waals surface area contributed by atoms with Crippen LogP contribution in [0.3, 0.4) is 0 Å². The number of nitrogens with zero attached hydrogens (tertiary/aromatic N) is 1. The van der Waals surface area contributed by atoms with Crippen molar-refractivity contribution < 1.29 is 14.8 Å². The van der Waals surface area contributed by atoms with Crippen LogP contribution in [0.4, 0.5) is 5.69 Å². The average Bonchev–Trinajstić information content (AvgIpc) is 3.15. The maximum atomic E-state index is 11.8. The summed E-state index contributed by atoms with van der Waals surface area (Å²) in [4.78, 5) is 21.8. The van der Waals surface area contributed by atoms with Gasteiger partial charge in [-0.15, -0.1) is 0 Å². The van der Waals surface area contributed by atoms with Gasteiger partial charge in [-0.2, -0.15) is 0 Å². The fourth-order valence-corrected chi connectivity index (χ4v) is 1.69. The molecule has 1 saturated carbocycles. The van der Waals surface area contributed by atoms with Gasteiger partial charge in [0.25, 0.3) is 0 Å². The molecule has 0 saturated heterocycles. The van der Waals surface area contributed by atoms with E-state index in [9.17, 15) is 20.0 Å². The summed E-state index contributed by atoms with van der Waals surface area (Å²) in [5, 5.41) is 23.4. The number of hydrogen-bond donors (Lipinski definition) is 2. The maximum absolute atomic E-state index is 11.8. The maximum Gasteiger partial charge on any atom is 0.370 e. The molecular formula is C12H11ClN2O4. The molecule has 1 aliphatic carbocycles. The Morgan fingerprint density at radius 1 is 1.37 bits per heavy atom. The van der Waals surface area contributed by atoms with Crippen molar-refractivity contribution in [2.45, 2.75) is 12.8 Å². The number of nitrogens with one attached hydrogen (secondary N) is 1. The molecule has 2 rings (SSSR count). The third-order valence-corrected chi connectivity index (χ3v) is 2.96. The molecule has 2 N–H and O–H groups in total. The van der Waals surface area contributed by atoms with Crippen molar-refractivity contribution in [1.29, 1.82) is 0 Å². The van der Waals surface area contributed by atoms with E-state index in [2.05, 4.69) is 5.32 Å². The molecule has 0 bridgehead atoms. The van der Waals surface area contributed by atoms with Gasteiger partial charge in [0.2, 0.25) is 0 Å². The quantitative estimate of drug-likeness (QED) is 0.384. The zero-order chi connectivity index (χ0) is 14.0. The molecule has 1 amide bonds. The summed E-state index contributed by atoms with van der Waals surface area (Å²) in [5.41, 5.74) is -0.421. The monoisotopic (exact) mass is 282 g/mol. The number of aliphatic hydroxyl groups excluding tert-OH is 1. The fraction of sp³-hybridized carbons (Fsp3) is 0.250. The van der Waals surface area contributed by atoms with Gasteiger partial charge >= 0.3 is 11.6 Å². The normalized spacial score (nSPS) is 15.6. The summed E-state index contributed by atoms with van der Waals surface area (Å²) < 4.78 is 0. The minimum absolute atomic E-state index is 0.267. The lowest BCUT2D eigenvalue weighted by Gasteiger charge is -2.05. The predicted octanol–water partition coefficient (Wildman–Crippen LogP) is 2.73. The summed E-state index contributed by atoms with van der Waals surface area (Å²) in [5.74, 6) is -1.65. The van der Waals surface area contributed by atoms with Crippen molar-refractivity contribution in [3.8, 4) is 0 Å². The smallest absolute Gasteiger partial charge is 0.370 e. The molecule has 0 atom stereocenters. The number of aliphatic hydroxyl groups is 1. The third kappa shape index (κ3) is 3.23. The van der Waals surface area contributed by atoms with Crippen LogP contribution in [-0.2, 0) is 4.79 Å². The van der Waals surface area contributed by atoms with E-state index in [1.165, 1.54) is 12.1 Å². The number of hydrogen-bond acceptors (Lipinski definition) is 4. The molecule has 0 radical (unpaired) electrons. The Balaban J connectivity index is 2.19. The number of amides is 1. The number of carbonyl (C=O) groups is 1. The fourth-order valence-electron chi connectivity index (χ4n) is 1.57. The Morgan fingerprint density at radius 2 is 1.95 bits per heavy atom. The highest BCUT2D eigenvalue weighted by Gasteiger charge is 2.37. The van der Waals surface area contributed by atoms with E-state index in [1.807, 2.05) is 0 Å². The van der Waals surface area contributed by atoms with Crippen LogP contribution in [0, 0.1) is 16.0 Å². The minimum Gasteiger partial charge on any atom is -0.505 e. The van der Waals surface area contributed by atoms with E-state index >= 15 is 0 Å². The van der Waals surface area contributed by atoms with Crippen LogP contribution >= 0.6 is 11.6 Å². The second-order valence-electron chi connectivity index (χ2n) is 4.23. The van der Waals surface area contributed by atoms with Crippen LogP contribution in [0.5, 0.6) is 0 Å². The van der Waals surface area contributed by atoms with E-state index in [-0.39, 0.29) is 5.92 Å². The molecule has 7 heteroatoms. The van der Waals surface area contributed by atoms with Crippen molar-refractivity contribution in [2.75, 3.05) is 5.32 Å². The van der Waals surface area contributed by atoms with Crippen molar-refractivity contribution in [1.82, 2.24) is 0 Å². The standard InChI is InChI=1S/C12H11ClN2O4/c13-8-3-5-9(6-4-8)14-12(17)10(15(18)19)11(16)7-1-2-7/h3-7,16H,1-2H2,(H,14,17)/b11-10+. The van der Waals surface area contributed by atoms with Gasteiger partial charge in [0.15, 0.2) is 5.76 Å². The second kappa shape index (κ2) is 5.27. The highest BCUT2D eigenvalue weighted by atomic mass is 35.5. The van der Waals surface area contributed by atoms with Gasteiger partial charge in [-0.05, 0) is 37.1 Å². The second-order valence-corrected chi connectivity index (χ2v) is 4.66. The van der Waals surface area contributed by atoms with E-state index in [4.69, 9.17) is 11.6 Å². The number of halogens is 1. The summed E-state index contributed by atoms with van der Waals surface area (Å²) in [7, 11) is 0. The Morgan fingerprint density at radius 3 is 2.42 bits per heavy atom. The summed E-state index contributed by atoms with van der Waals surface area (Å²) >= 11 is 5.69. The molecule has 19 heavy (non-hydrogen) atoms. The van der Waals surface area contributed by atoms with Crippen LogP contribution in [0.15, 0.2) is 35.7 Å². The zero-order valence-corrected chi connectivity index (χ0v) is 10.6. The van der Waals surface area contributed by atoms with Gasteiger partial charge in [-0.25, -0.2) is 0 Å². The van der Waals surface area contributed by atoms with E-state index in [0.29, 0.717) is 23.6 Å². The van der Waals surface area contributed by atoms with Gasteiger partial charge in [0.1, 0.15) is 0 Å². The lowest BCUT2D eigenvalue weighted by molar-refractivity contribution is -0.421. The molecule has 0 spiro atoms. The summed E-state index contributed by atoms with van der Waals surface area (Å²) in [6, 6.07) is 6.14. The van der Waals surface area contributed by atoms with Crippen molar-refractivity contribution in [3.05, 3.63) is 50.9 Å². The molecule has 0 heterocycles. The molecule has 0 unspecified atom stereocenters. The van der Waals surface area contributed by atoms with Gasteiger partial charge in [0, 0.05) is 16.6 Å². The first-order valence-electron chi connectivity index (χ1n) is 5.63. The summed E-state index contributed by atoms with van der Waals surface area (Å²) in [6.45, 7) is 0. The number of nitro groups is 1. The van der Waals surface area contributed by atoms with Gasteiger partial charge < -0.3 is 10.4 Å². The molecular weight excluding hydrogens is 272 g/mol. The first-order valence-corrected chi connectivity index (χ1v) is 6.01. The highest BCUT2D eigenvalue weighted by Crippen LogP contribution is 2.36. The SMILES string of the molecule is O=C(Nc1ccc(Cl)cc1)/C(=C(\O)C1CC1)[N+](=O)[O-]. The average molecular weight is 283 g/mol. The largest absolute Gasteiger partial charge is 0.505 e. The summed E-state index contributed by atoms with van der Waals surface area (Å²) in [6.07, 6.45) is 1.33. The van der Waals surface area contributed by atoms with Crippen molar-refractivity contribution in [3.63, 3.8) is 0 Å². The number of allylic oxidation sites excluding steroid dienone is 1. The Bertz CT molecular complexity index is 549. The van der Waals surface area contributed by atoms with Gasteiger partial charge in [-0.3, -0.25) is 14.9 Å². The number of anilines is 1. The van der Waals surface area contributed by atoms with E-state index in [1.54, 1.807) is 12.1 Å². The highest BCUT2D eigenvalue weighted by molar-refractivity contribution is 6.30. The lowest BCUT2D eigenvalue weighted by atomic mass is 10.2. The Labute approximate surface area is 113 Å². The molecule has 1 aliphatic rings. The molecule has 1 aromatic rings. The van der Waals surface area contributed by atoms with Crippen LogP contribution in [0.25, 0.3) is 0 Å². The van der Waals surface area contributed by atoms with E-state index in [0.717, 1.165) is 0 Å². The first-order chi connectivity index (χ1) is 8.99. The Kier molecular flexibility index (Phi) is 3.71. The molecule has 100 valence electrons. The first kappa shape index (κ1) is 13.4. The van der Waals surface area contributed by atoms with Crippen molar-refractivity contribution >= 4 is 23.2 Å². The van der Waals surface area contributed by atoms with Crippen LogP contribution < -0.4 is 5.32 Å². The topological polar surface area (TPSA) is 92.5 Å². The van der Waals surface area contributed by atoms with E-state index < -0.39 is 22.3 Å². The number of rotatable bonds is 4.